The summed E-state index contributed by atoms with van der Waals surface area (Å²) in [6.07, 6.45) is 7.13. The number of carbonyl (C=O) groups excluding carboxylic acids is 1. The standard InChI is InChI=1S/C26H28N4O3S3/c1-4-5-15-29(2)36(32,33)22-11-8-20(9-12-22)25(31)30(18-19-7-6-14-27-17-19)26-28-23-13-10-21(34-3)16-24(23)35-26/h6-14,16-17H,4-5,15,18H2,1-3H3. The molecule has 0 aliphatic heterocycles. The van der Waals surface area contributed by atoms with E-state index in [1.54, 1.807) is 48.2 Å². The van der Waals surface area contributed by atoms with E-state index in [9.17, 15) is 13.2 Å². The predicted octanol–water partition coefficient (Wildman–Crippen LogP) is 5.68. The van der Waals surface area contributed by atoms with Gasteiger partial charge in [-0.25, -0.2) is 17.7 Å². The van der Waals surface area contributed by atoms with Gasteiger partial charge < -0.3 is 0 Å². The molecule has 0 bridgehead atoms. The second-order valence-corrected chi connectivity index (χ2v) is 12.2. The number of anilines is 1. The van der Waals surface area contributed by atoms with E-state index in [2.05, 4.69) is 11.1 Å². The normalized spacial score (nSPS) is 11.8. The van der Waals surface area contributed by atoms with Gasteiger partial charge in [-0.3, -0.25) is 14.7 Å². The number of thioether (sulfide) groups is 1. The van der Waals surface area contributed by atoms with Crippen LogP contribution in [0.2, 0.25) is 0 Å². The fourth-order valence-electron chi connectivity index (χ4n) is 3.64. The lowest BCUT2D eigenvalue weighted by Crippen LogP contribution is -2.30. The molecule has 36 heavy (non-hydrogen) atoms. The maximum Gasteiger partial charge on any atom is 0.260 e. The Kier molecular flexibility index (Phi) is 8.40. The van der Waals surface area contributed by atoms with Gasteiger partial charge in [0, 0.05) is 36.4 Å². The zero-order chi connectivity index (χ0) is 25.7. The summed E-state index contributed by atoms with van der Waals surface area (Å²) < 4.78 is 28.1. The van der Waals surface area contributed by atoms with Gasteiger partial charge in [-0.1, -0.05) is 30.7 Å². The summed E-state index contributed by atoms with van der Waals surface area (Å²) in [5.74, 6) is -0.258. The number of amides is 1. The molecule has 0 unspecified atom stereocenters. The number of hydrogen-bond donors (Lipinski definition) is 0. The molecule has 0 radical (unpaired) electrons. The molecule has 0 spiro atoms. The van der Waals surface area contributed by atoms with Crippen LogP contribution in [0.25, 0.3) is 10.2 Å². The SMILES string of the molecule is CCCCN(C)S(=O)(=O)c1ccc(C(=O)N(Cc2cccnc2)c2nc3ccc(SC)cc3s2)cc1. The molecule has 4 aromatic rings. The van der Waals surface area contributed by atoms with Crippen molar-refractivity contribution in [3.63, 3.8) is 0 Å². The van der Waals surface area contributed by atoms with Gasteiger partial charge in [0.1, 0.15) is 0 Å². The van der Waals surface area contributed by atoms with Crippen LogP contribution < -0.4 is 4.90 Å². The number of rotatable bonds is 10. The Hall–Kier alpha value is -2.79. The van der Waals surface area contributed by atoms with Gasteiger partial charge in [-0.05, 0) is 66.8 Å². The Morgan fingerprint density at radius 1 is 1.11 bits per heavy atom. The molecule has 0 atom stereocenters. The van der Waals surface area contributed by atoms with Gasteiger partial charge in [-0.15, -0.1) is 11.8 Å². The highest BCUT2D eigenvalue weighted by Crippen LogP contribution is 2.33. The van der Waals surface area contributed by atoms with Crippen molar-refractivity contribution in [3.05, 3.63) is 78.1 Å². The molecule has 0 saturated heterocycles. The summed E-state index contributed by atoms with van der Waals surface area (Å²) in [6, 6.07) is 15.9. The molecule has 1 amide bonds. The van der Waals surface area contributed by atoms with Crippen molar-refractivity contribution in [2.45, 2.75) is 36.1 Å². The average molecular weight is 541 g/mol. The van der Waals surface area contributed by atoms with Crippen LogP contribution in [0.1, 0.15) is 35.7 Å². The smallest absolute Gasteiger partial charge is 0.260 e. The number of fused-ring (bicyclic) bond motifs is 1. The number of carbonyl (C=O) groups is 1. The fourth-order valence-corrected chi connectivity index (χ4v) is 6.37. The first-order valence-electron chi connectivity index (χ1n) is 11.5. The van der Waals surface area contributed by atoms with Gasteiger partial charge >= 0.3 is 0 Å². The summed E-state index contributed by atoms with van der Waals surface area (Å²) in [5, 5.41) is 0.577. The van der Waals surface area contributed by atoms with Crippen LogP contribution in [0.4, 0.5) is 5.13 Å². The van der Waals surface area contributed by atoms with E-state index in [1.165, 1.54) is 27.8 Å². The third-order valence-corrected chi connectivity index (χ3v) is 9.40. The number of sulfonamides is 1. The van der Waals surface area contributed by atoms with Gasteiger partial charge in [0.05, 0.1) is 21.7 Å². The molecule has 0 saturated carbocycles. The van der Waals surface area contributed by atoms with Crippen LogP contribution in [0.3, 0.4) is 0 Å². The monoisotopic (exact) mass is 540 g/mol. The van der Waals surface area contributed by atoms with Crippen molar-refractivity contribution in [1.82, 2.24) is 14.3 Å². The molecule has 0 fully saturated rings. The number of thiazole rings is 1. The second kappa shape index (κ2) is 11.5. The lowest BCUT2D eigenvalue weighted by atomic mass is 10.2. The van der Waals surface area contributed by atoms with Crippen molar-refractivity contribution in [2.75, 3.05) is 24.7 Å². The van der Waals surface area contributed by atoms with Crippen LogP contribution in [0, 0.1) is 0 Å². The van der Waals surface area contributed by atoms with Gasteiger partial charge in [0.2, 0.25) is 10.0 Å². The van der Waals surface area contributed by atoms with Crippen molar-refractivity contribution < 1.29 is 13.2 Å². The Morgan fingerprint density at radius 2 is 1.89 bits per heavy atom. The Bertz CT molecular complexity index is 1440. The number of pyridine rings is 1. The molecule has 2 aromatic heterocycles. The van der Waals surface area contributed by atoms with Crippen molar-refractivity contribution >= 4 is 54.4 Å². The third kappa shape index (κ3) is 5.78. The van der Waals surface area contributed by atoms with E-state index < -0.39 is 10.0 Å². The quantitative estimate of drug-likeness (QED) is 0.241. The summed E-state index contributed by atoms with van der Waals surface area (Å²) in [4.78, 5) is 25.5. The first-order valence-corrected chi connectivity index (χ1v) is 15.0. The molecule has 0 N–H and O–H groups in total. The van der Waals surface area contributed by atoms with Crippen molar-refractivity contribution in [2.24, 2.45) is 0 Å². The van der Waals surface area contributed by atoms with Gasteiger partial charge in [0.25, 0.3) is 5.91 Å². The van der Waals surface area contributed by atoms with E-state index in [4.69, 9.17) is 4.98 Å². The molecule has 2 heterocycles. The minimum Gasteiger partial charge on any atom is -0.279 e. The highest BCUT2D eigenvalue weighted by atomic mass is 32.2. The molecule has 188 valence electrons. The lowest BCUT2D eigenvalue weighted by molar-refractivity contribution is 0.0985. The largest absolute Gasteiger partial charge is 0.279 e. The highest BCUT2D eigenvalue weighted by Gasteiger charge is 2.24. The topological polar surface area (TPSA) is 83.5 Å². The summed E-state index contributed by atoms with van der Waals surface area (Å²) in [7, 11) is -2.03. The van der Waals surface area contributed by atoms with Crippen LogP contribution in [0.5, 0.6) is 0 Å². The minimum atomic E-state index is -3.61. The van der Waals surface area contributed by atoms with Crippen LogP contribution >= 0.6 is 23.1 Å². The fraction of sp³-hybridized carbons (Fsp3) is 0.269. The predicted molar refractivity (Wildman–Crippen MR) is 147 cm³/mol. The van der Waals surface area contributed by atoms with E-state index in [1.807, 2.05) is 37.4 Å². The van der Waals surface area contributed by atoms with Crippen molar-refractivity contribution in [1.29, 1.82) is 0 Å². The summed E-state index contributed by atoms with van der Waals surface area (Å²) in [5.41, 5.74) is 2.08. The van der Waals surface area contributed by atoms with E-state index in [-0.39, 0.29) is 10.8 Å². The molecule has 7 nitrogen and oxygen atoms in total. The number of unbranched alkanes of at least 4 members (excludes halogenated alkanes) is 1. The molecule has 10 heteroatoms. The lowest BCUT2D eigenvalue weighted by Gasteiger charge is -2.20. The van der Waals surface area contributed by atoms with Crippen molar-refractivity contribution in [3.8, 4) is 0 Å². The molecule has 2 aromatic carbocycles. The average Bonchev–Trinajstić information content (AvgIpc) is 3.33. The number of aromatic nitrogens is 2. The first-order chi connectivity index (χ1) is 17.3. The summed E-state index contributed by atoms with van der Waals surface area (Å²) >= 11 is 3.11. The first kappa shape index (κ1) is 26.3. The van der Waals surface area contributed by atoms with Crippen LogP contribution in [0.15, 0.2) is 76.8 Å². The van der Waals surface area contributed by atoms with Crippen LogP contribution in [-0.2, 0) is 16.6 Å². The molecular formula is C26H28N4O3S3. The van der Waals surface area contributed by atoms with Gasteiger partial charge in [0.15, 0.2) is 5.13 Å². The third-order valence-electron chi connectivity index (χ3n) is 5.76. The second-order valence-electron chi connectivity index (χ2n) is 8.29. The van der Waals surface area contributed by atoms with E-state index in [0.717, 1.165) is 33.5 Å². The molecule has 0 aliphatic rings. The highest BCUT2D eigenvalue weighted by molar-refractivity contribution is 7.98. The van der Waals surface area contributed by atoms with Crippen LogP contribution in [-0.4, -0.2) is 48.4 Å². The molecule has 0 aliphatic carbocycles. The van der Waals surface area contributed by atoms with Gasteiger partial charge in [-0.2, -0.15) is 0 Å². The van der Waals surface area contributed by atoms with E-state index in [0.29, 0.717) is 23.8 Å². The Morgan fingerprint density at radius 3 is 2.56 bits per heavy atom. The maximum absolute atomic E-state index is 13.7. The molecule has 4 rings (SSSR count). The minimum absolute atomic E-state index is 0.168. The summed E-state index contributed by atoms with van der Waals surface area (Å²) in [6.45, 7) is 2.77. The zero-order valence-electron chi connectivity index (χ0n) is 20.4. The molecular weight excluding hydrogens is 513 g/mol. The Balaban J connectivity index is 1.66. The Labute approximate surface area is 220 Å². The number of benzene rings is 2. The number of hydrogen-bond acceptors (Lipinski definition) is 7. The maximum atomic E-state index is 13.7. The zero-order valence-corrected chi connectivity index (χ0v) is 22.9. The van der Waals surface area contributed by atoms with E-state index >= 15 is 0 Å². The number of nitrogens with zero attached hydrogens (tertiary/aromatic N) is 4.